The van der Waals surface area contributed by atoms with Gasteiger partial charge in [0.1, 0.15) is 5.75 Å². The molecule has 2 amide bonds. The number of morpholine rings is 1. The van der Waals surface area contributed by atoms with Crippen LogP contribution in [0, 0.1) is 13.8 Å². The van der Waals surface area contributed by atoms with Gasteiger partial charge < -0.3 is 20.1 Å². The summed E-state index contributed by atoms with van der Waals surface area (Å²) in [5, 5.41) is 12.9. The number of nitrogens with zero attached hydrogens (tertiary/aromatic N) is 2. The lowest BCUT2D eigenvalue weighted by Gasteiger charge is -2.32. The summed E-state index contributed by atoms with van der Waals surface area (Å²) in [4.78, 5) is 16.8. The molecule has 25 heavy (non-hydrogen) atoms. The Balaban J connectivity index is 1.44. The third-order valence-corrected chi connectivity index (χ3v) is 5.25. The number of urea groups is 1. The minimum atomic E-state index is 0.0305. The smallest absolute Gasteiger partial charge is 0.317 e. The Hall–Kier alpha value is -1.79. The Morgan fingerprint density at radius 3 is 2.60 bits per heavy atom. The Morgan fingerprint density at radius 2 is 1.92 bits per heavy atom. The molecule has 0 spiro atoms. The molecule has 0 radical (unpaired) electrons. The van der Waals surface area contributed by atoms with Gasteiger partial charge in [-0.2, -0.15) is 0 Å². The molecule has 2 fully saturated rings. The van der Waals surface area contributed by atoms with Crippen LogP contribution in [0.15, 0.2) is 12.1 Å². The Bertz CT molecular complexity index is 591. The molecular weight excluding hydrogens is 318 g/mol. The van der Waals surface area contributed by atoms with Crippen LogP contribution in [-0.4, -0.2) is 72.9 Å². The van der Waals surface area contributed by atoms with Gasteiger partial charge in [-0.3, -0.25) is 4.90 Å². The van der Waals surface area contributed by atoms with Gasteiger partial charge in [-0.25, -0.2) is 4.79 Å². The number of phenolic OH excluding ortho intramolecular Hbond substituents is 1. The largest absolute Gasteiger partial charge is 0.507 e. The molecule has 1 aromatic rings. The number of aromatic hydroxyl groups is 1. The van der Waals surface area contributed by atoms with E-state index < -0.39 is 0 Å². The average molecular weight is 347 g/mol. The lowest BCUT2D eigenvalue weighted by molar-refractivity contribution is 0.0191. The van der Waals surface area contributed by atoms with E-state index in [2.05, 4.69) is 10.2 Å². The maximum absolute atomic E-state index is 12.4. The van der Waals surface area contributed by atoms with Crippen molar-refractivity contribution in [1.29, 1.82) is 0 Å². The van der Waals surface area contributed by atoms with Gasteiger partial charge >= 0.3 is 6.03 Å². The first-order valence-corrected chi connectivity index (χ1v) is 9.18. The second-order valence-electron chi connectivity index (χ2n) is 7.10. The summed E-state index contributed by atoms with van der Waals surface area (Å²) < 4.78 is 5.40. The van der Waals surface area contributed by atoms with Gasteiger partial charge in [-0.1, -0.05) is 12.1 Å². The van der Waals surface area contributed by atoms with Crippen LogP contribution >= 0.6 is 0 Å². The number of nitrogens with one attached hydrogen (secondary N) is 1. The van der Waals surface area contributed by atoms with Crippen LogP contribution in [0.25, 0.3) is 0 Å². The molecular formula is C19H29N3O3. The lowest BCUT2D eigenvalue weighted by atomic mass is 10.0. The molecule has 6 heteroatoms. The van der Waals surface area contributed by atoms with E-state index in [9.17, 15) is 9.90 Å². The van der Waals surface area contributed by atoms with Crippen molar-refractivity contribution >= 4 is 6.03 Å². The van der Waals surface area contributed by atoms with Crippen LogP contribution in [0.1, 0.15) is 23.1 Å². The van der Waals surface area contributed by atoms with Crippen LogP contribution in [0.3, 0.4) is 0 Å². The highest BCUT2D eigenvalue weighted by Crippen LogP contribution is 2.23. The Morgan fingerprint density at radius 1 is 1.24 bits per heavy atom. The van der Waals surface area contributed by atoms with Gasteiger partial charge in [0.15, 0.2) is 0 Å². The number of hydrogen-bond donors (Lipinski definition) is 2. The maximum atomic E-state index is 12.4. The van der Waals surface area contributed by atoms with Gasteiger partial charge in [0.2, 0.25) is 0 Å². The molecule has 1 aromatic carbocycles. The highest BCUT2D eigenvalue weighted by Gasteiger charge is 2.30. The van der Waals surface area contributed by atoms with Crippen LogP contribution in [0.2, 0.25) is 0 Å². The van der Waals surface area contributed by atoms with E-state index >= 15 is 0 Å². The number of carbonyl (C=O) groups excluding carboxylic acids is 1. The van der Waals surface area contributed by atoms with E-state index in [0.29, 0.717) is 18.3 Å². The molecule has 3 rings (SSSR count). The number of hydrogen-bond acceptors (Lipinski definition) is 4. The minimum Gasteiger partial charge on any atom is -0.507 e. The molecule has 0 aliphatic carbocycles. The molecule has 0 unspecified atom stereocenters. The van der Waals surface area contributed by atoms with Crippen molar-refractivity contribution < 1.29 is 14.6 Å². The zero-order valence-corrected chi connectivity index (χ0v) is 15.3. The van der Waals surface area contributed by atoms with Crippen molar-refractivity contribution in [3.05, 3.63) is 28.8 Å². The van der Waals surface area contributed by atoms with Gasteiger partial charge in [0.05, 0.1) is 13.2 Å². The molecule has 1 atom stereocenters. The van der Waals surface area contributed by atoms with Crippen molar-refractivity contribution in [2.24, 2.45) is 0 Å². The van der Waals surface area contributed by atoms with Gasteiger partial charge in [0, 0.05) is 38.8 Å². The van der Waals surface area contributed by atoms with Crippen molar-refractivity contribution in [2.45, 2.75) is 32.7 Å². The molecule has 2 heterocycles. The van der Waals surface area contributed by atoms with Crippen molar-refractivity contribution in [1.82, 2.24) is 15.1 Å². The number of likely N-dealkylation sites (tertiary alicyclic amines) is 1. The normalized spacial score (nSPS) is 21.5. The molecule has 6 nitrogen and oxygen atoms in total. The fourth-order valence-electron chi connectivity index (χ4n) is 3.78. The van der Waals surface area contributed by atoms with E-state index in [4.69, 9.17) is 4.74 Å². The van der Waals surface area contributed by atoms with Crippen molar-refractivity contribution in [2.75, 3.05) is 45.9 Å². The van der Waals surface area contributed by atoms with Gasteiger partial charge in [-0.15, -0.1) is 0 Å². The van der Waals surface area contributed by atoms with Gasteiger partial charge in [-0.05, 0) is 43.4 Å². The number of rotatable bonds is 4. The zero-order chi connectivity index (χ0) is 17.8. The van der Waals surface area contributed by atoms with Crippen LogP contribution < -0.4 is 5.32 Å². The van der Waals surface area contributed by atoms with E-state index in [1.165, 1.54) is 0 Å². The predicted molar refractivity (Wildman–Crippen MR) is 97.1 cm³/mol. The number of amides is 2. The molecule has 0 bridgehead atoms. The first-order chi connectivity index (χ1) is 12.0. The summed E-state index contributed by atoms with van der Waals surface area (Å²) >= 11 is 0. The minimum absolute atomic E-state index is 0.0305. The van der Waals surface area contributed by atoms with E-state index in [1.54, 1.807) is 0 Å². The number of aryl methyl sites for hydroxylation is 2. The van der Waals surface area contributed by atoms with Gasteiger partial charge in [0.25, 0.3) is 0 Å². The van der Waals surface area contributed by atoms with E-state index in [0.717, 1.165) is 68.9 Å². The second-order valence-corrected chi connectivity index (χ2v) is 7.10. The first-order valence-electron chi connectivity index (χ1n) is 9.18. The molecule has 2 aliphatic rings. The SMILES string of the molecule is Cc1cc(CCNC(=O)N2CC[C@H](N3CCOCC3)C2)cc(C)c1O. The van der Waals surface area contributed by atoms with Crippen LogP contribution in [0.5, 0.6) is 5.75 Å². The molecule has 2 saturated heterocycles. The molecule has 0 aromatic heterocycles. The lowest BCUT2D eigenvalue weighted by Crippen LogP contribution is -2.46. The van der Waals surface area contributed by atoms with Crippen molar-refractivity contribution in [3.8, 4) is 5.75 Å². The van der Waals surface area contributed by atoms with Crippen LogP contribution in [-0.2, 0) is 11.2 Å². The first kappa shape index (κ1) is 18.0. The highest BCUT2D eigenvalue weighted by atomic mass is 16.5. The summed E-state index contributed by atoms with van der Waals surface area (Å²) in [6.45, 7) is 9.60. The number of carbonyl (C=O) groups is 1. The van der Waals surface area contributed by atoms with E-state index in [1.807, 2.05) is 30.9 Å². The summed E-state index contributed by atoms with van der Waals surface area (Å²) in [5.74, 6) is 0.360. The predicted octanol–water partition coefficient (Wildman–Crippen LogP) is 1.67. The topological polar surface area (TPSA) is 65.0 Å². The number of benzene rings is 1. The number of phenols is 1. The van der Waals surface area contributed by atoms with Crippen LogP contribution in [0.4, 0.5) is 4.79 Å². The Kier molecular flexibility index (Phi) is 5.81. The second kappa shape index (κ2) is 8.06. The molecule has 2 aliphatic heterocycles. The third-order valence-electron chi connectivity index (χ3n) is 5.25. The van der Waals surface area contributed by atoms with Crippen molar-refractivity contribution in [3.63, 3.8) is 0 Å². The monoisotopic (exact) mass is 347 g/mol. The molecule has 2 N–H and O–H groups in total. The zero-order valence-electron chi connectivity index (χ0n) is 15.3. The maximum Gasteiger partial charge on any atom is 0.317 e. The standard InChI is InChI=1S/C19H29N3O3/c1-14-11-16(12-15(2)18(14)23)3-5-20-19(24)22-6-4-17(13-22)21-7-9-25-10-8-21/h11-12,17,23H,3-10,13H2,1-2H3,(H,20,24)/t17-/m0/s1. The Labute approximate surface area is 149 Å². The third kappa shape index (κ3) is 4.44. The fourth-order valence-corrected chi connectivity index (χ4v) is 3.78. The summed E-state index contributed by atoms with van der Waals surface area (Å²) in [5.41, 5.74) is 2.91. The fraction of sp³-hybridized carbons (Fsp3) is 0.632. The quantitative estimate of drug-likeness (QED) is 0.870. The van der Waals surface area contributed by atoms with E-state index in [-0.39, 0.29) is 6.03 Å². The highest BCUT2D eigenvalue weighted by molar-refractivity contribution is 5.74. The average Bonchev–Trinajstić information content (AvgIpc) is 3.10. The molecule has 0 saturated carbocycles. The summed E-state index contributed by atoms with van der Waals surface area (Å²) in [6.07, 6.45) is 1.82. The summed E-state index contributed by atoms with van der Waals surface area (Å²) in [6, 6.07) is 4.47. The number of ether oxygens (including phenoxy) is 1. The summed E-state index contributed by atoms with van der Waals surface area (Å²) in [7, 11) is 0. The molecule has 138 valence electrons.